The van der Waals surface area contributed by atoms with Gasteiger partial charge in [-0.25, -0.2) is 13.1 Å². The van der Waals surface area contributed by atoms with Crippen molar-refractivity contribution in [1.29, 1.82) is 0 Å². The number of ether oxygens (including phenoxy) is 2. The maximum absolute atomic E-state index is 13.3. The minimum absolute atomic E-state index is 0.165. The van der Waals surface area contributed by atoms with Crippen LogP contribution in [0.4, 0.5) is 20.2 Å². The molecule has 2 aromatic carbocycles. The lowest BCUT2D eigenvalue weighted by Gasteiger charge is -2.26. The predicted octanol–water partition coefficient (Wildman–Crippen LogP) is 4.99. The summed E-state index contributed by atoms with van der Waals surface area (Å²) >= 11 is 4.79. The van der Waals surface area contributed by atoms with Gasteiger partial charge in [0.2, 0.25) is 10.0 Å². The molecule has 0 aliphatic carbocycles. The molecule has 1 fully saturated rings. The zero-order chi connectivity index (χ0) is 27.1. The van der Waals surface area contributed by atoms with Crippen LogP contribution in [0.2, 0.25) is 0 Å². The number of benzene rings is 2. The molecular weight excluding hydrogens is 542 g/mol. The highest BCUT2D eigenvalue weighted by atomic mass is 35.5. The van der Waals surface area contributed by atoms with Crippen molar-refractivity contribution in [2.75, 3.05) is 29.0 Å². The quantitative estimate of drug-likeness (QED) is 0.404. The molecule has 13 heteroatoms. The smallest absolute Gasteiger partial charge is 0.420 e. The predicted molar refractivity (Wildman–Crippen MR) is 138 cm³/mol. The molecule has 1 N–H and O–H groups in total. The van der Waals surface area contributed by atoms with Crippen LogP contribution in [-0.2, 0) is 21.2 Å². The molecule has 1 amide bonds. The van der Waals surface area contributed by atoms with E-state index in [9.17, 15) is 22.0 Å². The van der Waals surface area contributed by atoms with E-state index in [0.717, 1.165) is 25.5 Å². The summed E-state index contributed by atoms with van der Waals surface area (Å²) < 4.78 is 64.3. The number of sulfonamides is 1. The maximum atomic E-state index is 13.3. The number of rotatable bonds is 7. The van der Waals surface area contributed by atoms with Gasteiger partial charge in [-0.05, 0) is 73.7 Å². The van der Waals surface area contributed by atoms with Gasteiger partial charge >= 0.3 is 5.57 Å². The summed E-state index contributed by atoms with van der Waals surface area (Å²) in [7, 11) is -3.57. The zero-order valence-electron chi connectivity index (χ0n) is 20.4. The molecule has 3 aromatic rings. The van der Waals surface area contributed by atoms with Gasteiger partial charge in [-0.3, -0.25) is 9.10 Å². The highest BCUT2D eigenvalue weighted by molar-refractivity contribution is 7.92. The van der Waals surface area contributed by atoms with E-state index in [4.69, 9.17) is 16.3 Å². The zero-order valence-corrected chi connectivity index (χ0v) is 21.9. The Labute approximate surface area is 223 Å². The van der Waals surface area contributed by atoms with Crippen molar-refractivity contribution >= 4 is 38.9 Å². The Morgan fingerprint density at radius 1 is 1.21 bits per heavy atom. The Balaban J connectivity index is 1.51. The van der Waals surface area contributed by atoms with Crippen LogP contribution in [0.15, 0.2) is 48.7 Å². The van der Waals surface area contributed by atoms with Gasteiger partial charge < -0.3 is 14.8 Å². The first-order chi connectivity index (χ1) is 18.0. The number of alkyl halides is 3. The maximum Gasteiger partial charge on any atom is 0.487 e. The second-order valence-corrected chi connectivity index (χ2v) is 11.5. The van der Waals surface area contributed by atoms with Crippen LogP contribution in [0.3, 0.4) is 0 Å². The van der Waals surface area contributed by atoms with E-state index < -0.39 is 21.5 Å². The molecule has 2 aliphatic heterocycles. The monoisotopic (exact) mass is 566 g/mol. The Kier molecular flexibility index (Phi) is 7.05. The van der Waals surface area contributed by atoms with Crippen molar-refractivity contribution in [3.05, 3.63) is 59.8 Å². The summed E-state index contributed by atoms with van der Waals surface area (Å²) in [5.74, 6) is -0.620. The van der Waals surface area contributed by atoms with E-state index in [2.05, 4.69) is 15.2 Å². The number of nitrogens with one attached hydrogen (secondary N) is 1. The highest BCUT2D eigenvalue weighted by Crippen LogP contribution is 2.42. The second-order valence-electron chi connectivity index (χ2n) is 9.13. The molecule has 1 unspecified atom stereocenters. The van der Waals surface area contributed by atoms with E-state index in [1.807, 2.05) is 0 Å². The number of carbonyl (C=O) groups excluding carboxylic acids is 1. The molecule has 0 radical (unpaired) electrons. The first kappa shape index (κ1) is 26.4. The van der Waals surface area contributed by atoms with Crippen LogP contribution < -0.4 is 14.4 Å². The minimum atomic E-state index is -3.85. The van der Waals surface area contributed by atoms with Gasteiger partial charge in [-0.15, -0.1) is 8.78 Å². The fourth-order valence-corrected chi connectivity index (χ4v) is 5.85. The fourth-order valence-electron chi connectivity index (χ4n) is 4.79. The van der Waals surface area contributed by atoms with Gasteiger partial charge in [0.05, 0.1) is 17.6 Å². The summed E-state index contributed by atoms with van der Waals surface area (Å²) in [6, 6.07) is 10.4. The number of hydrogen-bond donors (Lipinski definition) is 1. The summed E-state index contributed by atoms with van der Waals surface area (Å²) in [4.78, 5) is 13.3. The second kappa shape index (κ2) is 10.2. The van der Waals surface area contributed by atoms with Crippen molar-refractivity contribution in [3.8, 4) is 17.0 Å². The molecule has 0 bridgehead atoms. The van der Waals surface area contributed by atoms with Crippen LogP contribution in [0.1, 0.15) is 41.4 Å². The first-order valence-corrected chi connectivity index (χ1v) is 14.2. The topological polar surface area (TPSA) is 103 Å². The molecule has 3 heterocycles. The molecule has 1 saturated heterocycles. The van der Waals surface area contributed by atoms with Gasteiger partial charge in [0.15, 0.2) is 6.23 Å². The van der Waals surface area contributed by atoms with Crippen LogP contribution in [0, 0.1) is 0 Å². The SMILES string of the molecule is CS(=O)(=O)N1CCc2cc(C(=O)Nc3ccc(OC(F)(F)Cl)cc3)cc(-c3ccnn3C3CCCCO3)c21. The molecule has 1 aromatic heterocycles. The lowest BCUT2D eigenvalue weighted by atomic mass is 9.99. The molecule has 38 heavy (non-hydrogen) atoms. The summed E-state index contributed by atoms with van der Waals surface area (Å²) in [5, 5.41) is 7.19. The number of aromatic nitrogens is 2. The van der Waals surface area contributed by atoms with Crippen LogP contribution in [-0.4, -0.2) is 49.1 Å². The molecule has 2 aliphatic rings. The van der Waals surface area contributed by atoms with Gasteiger partial charge in [-0.2, -0.15) is 5.10 Å². The van der Waals surface area contributed by atoms with Crippen molar-refractivity contribution in [3.63, 3.8) is 0 Å². The lowest BCUT2D eigenvalue weighted by molar-refractivity contribution is -0.0964. The molecular formula is C25H25ClF2N4O5S. The third-order valence-electron chi connectivity index (χ3n) is 6.41. The van der Waals surface area contributed by atoms with Crippen LogP contribution >= 0.6 is 11.6 Å². The van der Waals surface area contributed by atoms with Crippen molar-refractivity contribution in [2.45, 2.75) is 37.5 Å². The van der Waals surface area contributed by atoms with Gasteiger partial charge in [0.25, 0.3) is 5.91 Å². The third-order valence-corrected chi connectivity index (χ3v) is 7.65. The molecule has 0 saturated carbocycles. The van der Waals surface area contributed by atoms with Crippen LogP contribution in [0.25, 0.3) is 11.3 Å². The minimum Gasteiger partial charge on any atom is -0.420 e. The first-order valence-electron chi connectivity index (χ1n) is 12.0. The number of hydrogen-bond acceptors (Lipinski definition) is 6. The number of amides is 1. The van der Waals surface area contributed by atoms with Crippen LogP contribution in [0.5, 0.6) is 5.75 Å². The number of carbonyl (C=O) groups is 1. The van der Waals surface area contributed by atoms with E-state index in [0.29, 0.717) is 46.8 Å². The molecule has 9 nitrogen and oxygen atoms in total. The van der Waals surface area contributed by atoms with Crippen molar-refractivity contribution in [2.24, 2.45) is 0 Å². The normalized spacial score (nSPS) is 17.8. The molecule has 5 rings (SSSR count). The standard InChI is InChI=1S/C25H25ClF2N4O5S/c1-38(34,35)31-12-10-16-14-17(24(33)30-18-5-7-19(8-6-18)37-25(26,27)28)15-20(23(16)31)21-9-11-29-32(21)22-4-2-3-13-36-22/h5-9,11,14-15,22H,2-4,10,12-13H2,1H3,(H,30,33). The summed E-state index contributed by atoms with van der Waals surface area (Å²) in [6.07, 6.45) is 5.62. The largest absolute Gasteiger partial charge is 0.487 e. The van der Waals surface area contributed by atoms with Crippen molar-refractivity contribution < 1.29 is 31.5 Å². The van der Waals surface area contributed by atoms with E-state index >= 15 is 0 Å². The van der Waals surface area contributed by atoms with E-state index in [1.54, 1.807) is 29.1 Å². The Morgan fingerprint density at radius 3 is 2.63 bits per heavy atom. The molecule has 202 valence electrons. The van der Waals surface area contributed by atoms with Gasteiger partial charge in [-0.1, -0.05) is 0 Å². The number of nitrogens with zero attached hydrogens (tertiary/aromatic N) is 3. The Hall–Kier alpha value is -3.22. The third kappa shape index (κ3) is 5.62. The number of anilines is 2. The Bertz CT molecular complexity index is 1450. The van der Waals surface area contributed by atoms with E-state index in [1.165, 1.54) is 28.6 Å². The highest BCUT2D eigenvalue weighted by Gasteiger charge is 2.33. The molecule has 0 spiro atoms. The number of fused-ring (bicyclic) bond motifs is 1. The lowest BCUT2D eigenvalue weighted by Crippen LogP contribution is -2.28. The Morgan fingerprint density at radius 2 is 1.97 bits per heavy atom. The number of halogens is 3. The fraction of sp³-hybridized carbons (Fsp3) is 0.360. The van der Waals surface area contributed by atoms with E-state index in [-0.39, 0.29) is 18.5 Å². The van der Waals surface area contributed by atoms with Crippen molar-refractivity contribution in [1.82, 2.24) is 9.78 Å². The summed E-state index contributed by atoms with van der Waals surface area (Å²) in [5.41, 5.74) is -0.772. The average molecular weight is 567 g/mol. The average Bonchev–Trinajstić information content (AvgIpc) is 3.52. The summed E-state index contributed by atoms with van der Waals surface area (Å²) in [6.45, 7) is 0.860. The van der Waals surface area contributed by atoms with Gasteiger partial charge in [0, 0.05) is 47.8 Å². The molecule has 1 atom stereocenters. The van der Waals surface area contributed by atoms with Gasteiger partial charge in [0.1, 0.15) is 5.75 Å².